The van der Waals surface area contributed by atoms with Crippen molar-refractivity contribution in [3.05, 3.63) is 59.0 Å². The fraction of sp³-hybridized carbons (Fsp3) is 0.235. The molecule has 0 bridgehead atoms. The van der Waals surface area contributed by atoms with Crippen molar-refractivity contribution in [2.24, 2.45) is 0 Å². The van der Waals surface area contributed by atoms with Gasteiger partial charge in [-0.25, -0.2) is 0 Å². The Kier molecular flexibility index (Phi) is 4.81. The van der Waals surface area contributed by atoms with Gasteiger partial charge in [-0.15, -0.1) is 0 Å². The Bertz CT molecular complexity index is 678. The molecule has 1 aromatic heterocycles. The van der Waals surface area contributed by atoms with Gasteiger partial charge in [0.1, 0.15) is 6.61 Å². The third-order valence-electron chi connectivity index (χ3n) is 3.05. The second kappa shape index (κ2) is 6.78. The van der Waals surface area contributed by atoms with Crippen LogP contribution in [-0.4, -0.2) is 29.6 Å². The molecule has 21 heavy (non-hydrogen) atoms. The van der Waals surface area contributed by atoms with Crippen molar-refractivity contribution in [2.75, 3.05) is 13.7 Å². The van der Waals surface area contributed by atoms with Crippen LogP contribution in [0.15, 0.2) is 41.2 Å². The van der Waals surface area contributed by atoms with Crippen LogP contribution in [0.1, 0.15) is 27.0 Å². The number of rotatable bonds is 3. The number of nitrogens with zero attached hydrogens (tertiary/aromatic N) is 1. The number of aryl methyl sites for hydroxylation is 1. The van der Waals surface area contributed by atoms with Gasteiger partial charge in [0.05, 0.1) is 18.1 Å². The van der Waals surface area contributed by atoms with Crippen LogP contribution in [0, 0.1) is 18.8 Å². The van der Waals surface area contributed by atoms with Crippen molar-refractivity contribution in [3.63, 3.8) is 0 Å². The molecular formula is C17H17NO3. The lowest BCUT2D eigenvalue weighted by molar-refractivity contribution is 0.0784. The van der Waals surface area contributed by atoms with Gasteiger partial charge >= 0.3 is 0 Å². The van der Waals surface area contributed by atoms with Crippen LogP contribution in [0.4, 0.5) is 0 Å². The minimum Gasteiger partial charge on any atom is -0.472 e. The maximum Gasteiger partial charge on any atom is 0.255 e. The average Bonchev–Trinajstić information content (AvgIpc) is 2.97. The Morgan fingerprint density at radius 3 is 2.86 bits per heavy atom. The molecule has 108 valence electrons. The molecule has 2 rings (SSSR count). The maximum atomic E-state index is 12.5. The highest BCUT2D eigenvalue weighted by atomic mass is 16.3. The number of hydrogen-bond acceptors (Lipinski definition) is 3. The van der Waals surface area contributed by atoms with Gasteiger partial charge in [-0.1, -0.05) is 17.9 Å². The highest BCUT2D eigenvalue weighted by molar-refractivity contribution is 5.96. The lowest BCUT2D eigenvalue weighted by Gasteiger charge is -2.17. The topological polar surface area (TPSA) is 53.7 Å². The Labute approximate surface area is 124 Å². The molecule has 0 atom stereocenters. The molecule has 1 heterocycles. The molecule has 0 saturated carbocycles. The summed E-state index contributed by atoms with van der Waals surface area (Å²) in [4.78, 5) is 14.1. The van der Waals surface area contributed by atoms with E-state index in [1.54, 1.807) is 30.5 Å². The van der Waals surface area contributed by atoms with E-state index >= 15 is 0 Å². The van der Waals surface area contributed by atoms with Gasteiger partial charge in [-0.2, -0.15) is 0 Å². The van der Waals surface area contributed by atoms with Crippen molar-refractivity contribution in [1.29, 1.82) is 0 Å². The molecule has 2 aromatic rings. The Balaban J connectivity index is 2.25. The van der Waals surface area contributed by atoms with Gasteiger partial charge in [0.2, 0.25) is 0 Å². The molecular weight excluding hydrogens is 266 g/mol. The molecule has 0 aliphatic heterocycles. The molecule has 0 unspecified atom stereocenters. The van der Waals surface area contributed by atoms with E-state index in [-0.39, 0.29) is 12.5 Å². The second-order valence-corrected chi connectivity index (χ2v) is 4.80. The van der Waals surface area contributed by atoms with E-state index < -0.39 is 0 Å². The van der Waals surface area contributed by atoms with Gasteiger partial charge in [0, 0.05) is 24.7 Å². The van der Waals surface area contributed by atoms with Crippen LogP contribution in [0.25, 0.3) is 0 Å². The molecule has 0 aliphatic rings. The Morgan fingerprint density at radius 1 is 1.38 bits per heavy atom. The average molecular weight is 283 g/mol. The molecule has 0 aliphatic carbocycles. The fourth-order valence-electron chi connectivity index (χ4n) is 2.02. The lowest BCUT2D eigenvalue weighted by Crippen LogP contribution is -2.26. The largest absolute Gasteiger partial charge is 0.472 e. The quantitative estimate of drug-likeness (QED) is 0.879. The summed E-state index contributed by atoms with van der Waals surface area (Å²) in [6.07, 6.45) is 3.20. The zero-order valence-corrected chi connectivity index (χ0v) is 12.1. The molecule has 4 heteroatoms. The fourth-order valence-corrected chi connectivity index (χ4v) is 2.02. The van der Waals surface area contributed by atoms with Crippen LogP contribution >= 0.6 is 0 Å². The van der Waals surface area contributed by atoms with Crippen molar-refractivity contribution < 1.29 is 14.3 Å². The van der Waals surface area contributed by atoms with Gasteiger partial charge in [-0.3, -0.25) is 4.79 Å². The van der Waals surface area contributed by atoms with Crippen LogP contribution in [0.2, 0.25) is 0 Å². The summed E-state index contributed by atoms with van der Waals surface area (Å²) in [5.74, 6) is 5.31. The highest BCUT2D eigenvalue weighted by Gasteiger charge is 2.15. The minimum absolute atomic E-state index is 0.113. The van der Waals surface area contributed by atoms with Crippen molar-refractivity contribution in [2.45, 2.75) is 13.5 Å². The van der Waals surface area contributed by atoms with Gasteiger partial charge < -0.3 is 14.4 Å². The monoisotopic (exact) mass is 283 g/mol. The molecule has 1 aromatic carbocycles. The predicted octanol–water partition coefficient (Wildman–Crippen LogP) is 2.20. The summed E-state index contributed by atoms with van der Waals surface area (Å²) in [6, 6.07) is 7.32. The third kappa shape index (κ3) is 3.74. The predicted molar refractivity (Wildman–Crippen MR) is 79.6 cm³/mol. The summed E-state index contributed by atoms with van der Waals surface area (Å²) in [7, 11) is 1.73. The standard InChI is InChI=1S/C17H17NO3/c1-13-5-6-16(15(10-13)4-3-8-19)17(20)18(2)11-14-7-9-21-12-14/h5-7,9-10,12,19H,8,11H2,1-2H3. The highest BCUT2D eigenvalue weighted by Crippen LogP contribution is 2.14. The van der Waals surface area contributed by atoms with Crippen molar-refractivity contribution >= 4 is 5.91 Å². The first-order chi connectivity index (χ1) is 10.1. The summed E-state index contributed by atoms with van der Waals surface area (Å²) < 4.78 is 5.01. The normalized spacial score (nSPS) is 9.86. The number of aliphatic hydroxyl groups excluding tert-OH is 1. The van der Waals surface area contributed by atoms with E-state index in [4.69, 9.17) is 9.52 Å². The van der Waals surface area contributed by atoms with E-state index in [2.05, 4.69) is 11.8 Å². The van der Waals surface area contributed by atoms with E-state index in [1.807, 2.05) is 25.1 Å². The van der Waals surface area contributed by atoms with Crippen molar-refractivity contribution in [1.82, 2.24) is 4.90 Å². The van der Waals surface area contributed by atoms with Crippen molar-refractivity contribution in [3.8, 4) is 11.8 Å². The van der Waals surface area contributed by atoms with Crippen LogP contribution in [0.5, 0.6) is 0 Å². The molecule has 1 amide bonds. The van der Waals surface area contributed by atoms with Gasteiger partial charge in [0.25, 0.3) is 5.91 Å². The van der Waals surface area contributed by atoms with Gasteiger partial charge in [0.15, 0.2) is 0 Å². The zero-order chi connectivity index (χ0) is 15.2. The van der Waals surface area contributed by atoms with E-state index in [0.717, 1.165) is 11.1 Å². The molecule has 0 radical (unpaired) electrons. The molecule has 4 nitrogen and oxygen atoms in total. The molecule has 0 saturated heterocycles. The number of hydrogen-bond donors (Lipinski definition) is 1. The number of amides is 1. The minimum atomic E-state index is -0.230. The van der Waals surface area contributed by atoms with E-state index in [1.165, 1.54) is 0 Å². The second-order valence-electron chi connectivity index (χ2n) is 4.80. The van der Waals surface area contributed by atoms with E-state index in [9.17, 15) is 4.79 Å². The Hall–Kier alpha value is -2.51. The van der Waals surface area contributed by atoms with Gasteiger partial charge in [-0.05, 0) is 30.7 Å². The summed E-state index contributed by atoms with van der Waals surface area (Å²) in [5, 5.41) is 8.83. The first-order valence-corrected chi connectivity index (χ1v) is 6.58. The molecule has 1 N–H and O–H groups in total. The molecule has 0 spiro atoms. The number of carbonyl (C=O) groups excluding carboxylic acids is 1. The maximum absolute atomic E-state index is 12.5. The number of aliphatic hydroxyl groups is 1. The SMILES string of the molecule is Cc1ccc(C(=O)N(C)Cc2ccoc2)c(C#CCO)c1. The van der Waals surface area contributed by atoms with Crippen LogP contribution < -0.4 is 0 Å². The number of benzene rings is 1. The summed E-state index contributed by atoms with van der Waals surface area (Å²) in [5.41, 5.74) is 3.12. The van der Waals surface area contributed by atoms with Crippen LogP contribution in [-0.2, 0) is 6.54 Å². The first kappa shape index (κ1) is 14.9. The molecule has 0 fully saturated rings. The van der Waals surface area contributed by atoms with E-state index in [0.29, 0.717) is 17.7 Å². The zero-order valence-electron chi connectivity index (χ0n) is 12.1. The third-order valence-corrected chi connectivity index (χ3v) is 3.05. The lowest BCUT2D eigenvalue weighted by atomic mass is 10.0. The summed E-state index contributed by atoms with van der Waals surface area (Å²) in [6.45, 7) is 2.18. The first-order valence-electron chi connectivity index (χ1n) is 6.58. The number of furan rings is 1. The number of carbonyl (C=O) groups is 1. The Morgan fingerprint density at radius 2 is 2.19 bits per heavy atom. The smallest absolute Gasteiger partial charge is 0.255 e. The summed E-state index contributed by atoms with van der Waals surface area (Å²) >= 11 is 0. The van der Waals surface area contributed by atoms with Crippen LogP contribution in [0.3, 0.4) is 0 Å².